The average molecular weight is 407 g/mol. The van der Waals surface area contributed by atoms with Crippen molar-refractivity contribution >= 4 is 11.9 Å². The van der Waals surface area contributed by atoms with Gasteiger partial charge in [0.05, 0.1) is 24.7 Å². The number of aliphatic hydroxyl groups excluding tert-OH is 2. The quantitative estimate of drug-likeness (QED) is 0.553. The maximum atomic E-state index is 12.8. The zero-order valence-corrected chi connectivity index (χ0v) is 18.2. The molecule has 0 aromatic carbocycles. The number of hydrogen-bond donors (Lipinski definition) is 2. The molecule has 0 spiro atoms. The van der Waals surface area contributed by atoms with Crippen molar-refractivity contribution in [1.29, 1.82) is 0 Å². The van der Waals surface area contributed by atoms with Gasteiger partial charge in [0.25, 0.3) is 0 Å². The third-order valence-electron chi connectivity index (χ3n) is 8.16. The van der Waals surface area contributed by atoms with Crippen molar-refractivity contribution in [1.82, 2.24) is 0 Å². The molecular weight excluding hydrogens is 372 g/mol. The highest BCUT2D eigenvalue weighted by molar-refractivity contribution is 5.77. The summed E-state index contributed by atoms with van der Waals surface area (Å²) >= 11 is 0. The van der Waals surface area contributed by atoms with Crippen LogP contribution in [0.3, 0.4) is 0 Å². The van der Waals surface area contributed by atoms with Crippen LogP contribution in [0.4, 0.5) is 0 Å². The van der Waals surface area contributed by atoms with E-state index >= 15 is 0 Å². The summed E-state index contributed by atoms with van der Waals surface area (Å²) in [5.74, 6) is -0.940. The Hall–Kier alpha value is -1.66. The Labute approximate surface area is 173 Å². The lowest BCUT2D eigenvalue weighted by Gasteiger charge is -2.60. The van der Waals surface area contributed by atoms with E-state index in [1.54, 1.807) is 6.08 Å². The van der Waals surface area contributed by atoms with E-state index < -0.39 is 34.6 Å². The lowest BCUT2D eigenvalue weighted by Crippen LogP contribution is -2.61. The Bertz CT molecular complexity index is 756. The van der Waals surface area contributed by atoms with Crippen LogP contribution in [0.15, 0.2) is 23.8 Å². The zero-order valence-electron chi connectivity index (χ0n) is 18.2. The zero-order chi connectivity index (χ0) is 21.8. The van der Waals surface area contributed by atoms with Crippen molar-refractivity contribution in [3.63, 3.8) is 0 Å². The van der Waals surface area contributed by atoms with Crippen LogP contribution in [0.25, 0.3) is 0 Å². The normalized spacial score (nSPS) is 44.4. The van der Waals surface area contributed by atoms with Gasteiger partial charge in [-0.05, 0) is 50.5 Å². The molecule has 0 aromatic heterocycles. The predicted octanol–water partition coefficient (Wildman–Crippen LogP) is 2.92. The summed E-state index contributed by atoms with van der Waals surface area (Å²) in [6, 6.07) is 0. The molecule has 29 heavy (non-hydrogen) atoms. The minimum Gasteiger partial charge on any atom is -0.469 e. The fourth-order valence-electron chi connectivity index (χ4n) is 6.28. The molecule has 3 aliphatic carbocycles. The Morgan fingerprint density at radius 1 is 1.21 bits per heavy atom. The van der Waals surface area contributed by atoms with Gasteiger partial charge in [0.1, 0.15) is 6.10 Å². The fourth-order valence-corrected chi connectivity index (χ4v) is 6.28. The van der Waals surface area contributed by atoms with E-state index in [0.29, 0.717) is 37.7 Å². The molecule has 3 aliphatic rings. The van der Waals surface area contributed by atoms with Crippen LogP contribution in [0.5, 0.6) is 0 Å². The summed E-state index contributed by atoms with van der Waals surface area (Å²) in [4.78, 5) is 24.7. The molecule has 6 heteroatoms. The Balaban J connectivity index is 2.20. The highest BCUT2D eigenvalue weighted by Gasteiger charge is 2.64. The van der Waals surface area contributed by atoms with E-state index in [1.807, 2.05) is 20.8 Å². The van der Waals surface area contributed by atoms with Gasteiger partial charge < -0.3 is 19.7 Å². The van der Waals surface area contributed by atoms with Crippen LogP contribution in [0, 0.1) is 22.2 Å². The topological polar surface area (TPSA) is 93.1 Å². The first-order chi connectivity index (χ1) is 13.5. The number of fused-ring (bicyclic) bond motifs is 2. The lowest BCUT2D eigenvalue weighted by molar-refractivity contribution is -0.184. The molecule has 0 aliphatic heterocycles. The molecule has 0 amide bonds. The van der Waals surface area contributed by atoms with Gasteiger partial charge in [0.2, 0.25) is 0 Å². The number of rotatable bonds is 3. The van der Waals surface area contributed by atoms with Crippen molar-refractivity contribution in [3.05, 3.63) is 23.8 Å². The number of carbonyl (C=O) groups is 2. The molecule has 7 atom stereocenters. The molecule has 162 valence electrons. The summed E-state index contributed by atoms with van der Waals surface area (Å²) in [6.45, 7) is 11.1. The molecule has 2 N–H and O–H groups in total. The molecule has 0 saturated heterocycles. The van der Waals surface area contributed by atoms with E-state index in [1.165, 1.54) is 14.0 Å². The largest absolute Gasteiger partial charge is 0.469 e. The molecule has 1 unspecified atom stereocenters. The first-order valence-electron chi connectivity index (χ1n) is 10.4. The first kappa shape index (κ1) is 22.0. The predicted molar refractivity (Wildman–Crippen MR) is 108 cm³/mol. The summed E-state index contributed by atoms with van der Waals surface area (Å²) in [5, 5.41) is 22.3. The van der Waals surface area contributed by atoms with Crippen molar-refractivity contribution in [2.75, 3.05) is 7.11 Å². The number of ether oxygens (including phenoxy) is 2. The maximum absolute atomic E-state index is 12.8. The first-order valence-corrected chi connectivity index (χ1v) is 10.4. The Kier molecular flexibility index (Phi) is 5.50. The number of esters is 2. The molecule has 6 nitrogen and oxygen atoms in total. The minimum atomic E-state index is -0.863. The standard InChI is InChI=1S/C23H34O6/c1-7-21(3)10-8-14-18(19(21)26)15(25)12-16-22(4,20(27)28-6)11-9-17(23(14,16)5)29-13(2)24/h7,15-17,19,25-26H,1,8-12H2,2-6H3/t15-,16?,17+,19-,21-,22-,23-/m1/s1. The number of aliphatic hydroxyl groups is 2. The fraction of sp³-hybridized carbons (Fsp3) is 0.739. The van der Waals surface area contributed by atoms with Crippen LogP contribution >= 0.6 is 0 Å². The summed E-state index contributed by atoms with van der Waals surface area (Å²) in [6.07, 6.45) is 2.29. The smallest absolute Gasteiger partial charge is 0.311 e. The van der Waals surface area contributed by atoms with Crippen LogP contribution in [-0.4, -0.2) is 47.6 Å². The molecule has 0 heterocycles. The second-order valence-electron chi connectivity index (χ2n) is 9.68. The highest BCUT2D eigenvalue weighted by Crippen LogP contribution is 2.64. The van der Waals surface area contributed by atoms with Crippen molar-refractivity contribution in [2.45, 2.75) is 78.1 Å². The SMILES string of the molecule is C=C[C@]1(C)CCC2=C([C@H](O)CC3[C@](C)(C(=O)OC)CC[C@H](OC(C)=O)[C@]23C)[C@H]1O. The van der Waals surface area contributed by atoms with Crippen LogP contribution < -0.4 is 0 Å². The van der Waals surface area contributed by atoms with Gasteiger partial charge >= 0.3 is 11.9 Å². The van der Waals surface area contributed by atoms with Crippen molar-refractivity contribution < 1.29 is 29.3 Å². The van der Waals surface area contributed by atoms with E-state index in [2.05, 4.69) is 6.58 Å². The maximum Gasteiger partial charge on any atom is 0.311 e. The van der Waals surface area contributed by atoms with Gasteiger partial charge in [0.15, 0.2) is 0 Å². The second kappa shape index (κ2) is 7.24. The van der Waals surface area contributed by atoms with E-state index in [0.717, 1.165) is 5.57 Å². The van der Waals surface area contributed by atoms with Crippen molar-refractivity contribution in [2.24, 2.45) is 22.2 Å². The third-order valence-corrected chi connectivity index (χ3v) is 8.16. The molecule has 1 fully saturated rings. The van der Waals surface area contributed by atoms with E-state index in [-0.39, 0.29) is 17.9 Å². The molecular formula is C23H34O6. The Morgan fingerprint density at radius 3 is 2.41 bits per heavy atom. The van der Waals surface area contributed by atoms with Crippen LogP contribution in [0.1, 0.15) is 59.8 Å². The van der Waals surface area contributed by atoms with Gasteiger partial charge in [-0.1, -0.05) is 25.5 Å². The third kappa shape index (κ3) is 3.07. The summed E-state index contributed by atoms with van der Waals surface area (Å²) < 4.78 is 10.9. The number of hydrogen-bond acceptors (Lipinski definition) is 6. The molecule has 0 bridgehead atoms. The number of carbonyl (C=O) groups excluding carboxylic acids is 2. The van der Waals surface area contributed by atoms with E-state index in [9.17, 15) is 19.8 Å². The van der Waals surface area contributed by atoms with Gasteiger partial charge in [-0.3, -0.25) is 9.59 Å². The summed E-state index contributed by atoms with van der Waals surface area (Å²) in [5.41, 5.74) is -0.451. The Morgan fingerprint density at radius 2 is 1.86 bits per heavy atom. The van der Waals surface area contributed by atoms with Gasteiger partial charge in [0, 0.05) is 17.8 Å². The monoisotopic (exact) mass is 406 g/mol. The van der Waals surface area contributed by atoms with Crippen LogP contribution in [-0.2, 0) is 19.1 Å². The lowest BCUT2D eigenvalue weighted by atomic mass is 9.45. The average Bonchev–Trinajstić information content (AvgIpc) is 2.67. The van der Waals surface area contributed by atoms with Crippen molar-refractivity contribution in [3.8, 4) is 0 Å². The molecule has 3 rings (SSSR count). The van der Waals surface area contributed by atoms with E-state index in [4.69, 9.17) is 9.47 Å². The highest BCUT2D eigenvalue weighted by atomic mass is 16.5. The minimum absolute atomic E-state index is 0.269. The molecule has 0 radical (unpaired) electrons. The van der Waals surface area contributed by atoms with Crippen LogP contribution in [0.2, 0.25) is 0 Å². The second-order valence-corrected chi connectivity index (χ2v) is 9.68. The van der Waals surface area contributed by atoms with Gasteiger partial charge in [-0.15, -0.1) is 6.58 Å². The molecule has 1 saturated carbocycles. The molecule has 0 aromatic rings. The number of methoxy groups -OCH3 is 1. The van der Waals surface area contributed by atoms with Gasteiger partial charge in [-0.2, -0.15) is 0 Å². The van der Waals surface area contributed by atoms with Gasteiger partial charge in [-0.25, -0.2) is 0 Å². The summed E-state index contributed by atoms with van der Waals surface area (Å²) in [7, 11) is 1.38.